The van der Waals surface area contributed by atoms with Crippen LogP contribution in [0.5, 0.6) is 0 Å². The number of nitrogens with one attached hydrogen (secondary N) is 1. The van der Waals surface area contributed by atoms with Crippen LogP contribution in [-0.2, 0) is 19.1 Å². The molecule has 1 heterocycles. The summed E-state index contributed by atoms with van der Waals surface area (Å²) < 4.78 is 10.9. The van der Waals surface area contributed by atoms with Gasteiger partial charge in [-0.2, -0.15) is 0 Å². The Bertz CT molecular complexity index is 323. The van der Waals surface area contributed by atoms with Gasteiger partial charge in [0.15, 0.2) is 5.79 Å². The molecule has 2 rings (SSSR count). The Labute approximate surface area is 107 Å². The number of carbonyl (C=O) groups excluding carboxylic acids is 2. The highest BCUT2D eigenvalue weighted by Gasteiger charge is 2.31. The smallest absolute Gasteiger partial charge is 0.220 e. The molecule has 0 spiro atoms. The van der Waals surface area contributed by atoms with Crippen molar-refractivity contribution in [1.82, 2.24) is 5.32 Å². The van der Waals surface area contributed by atoms with Gasteiger partial charge in [0.05, 0.1) is 13.2 Å². The van der Waals surface area contributed by atoms with E-state index in [1.54, 1.807) is 0 Å². The van der Waals surface area contributed by atoms with Crippen molar-refractivity contribution in [2.45, 2.75) is 44.8 Å². The highest BCUT2D eigenvalue weighted by Crippen LogP contribution is 2.24. The zero-order chi connectivity index (χ0) is 13.0. The normalized spacial score (nSPS) is 26.5. The summed E-state index contributed by atoms with van der Waals surface area (Å²) in [5, 5.41) is 2.83. The maximum atomic E-state index is 11.7. The van der Waals surface area contributed by atoms with E-state index in [0.29, 0.717) is 39.0 Å². The molecule has 1 aliphatic carbocycles. The lowest BCUT2D eigenvalue weighted by atomic mass is 10.0. The SMILES string of the molecule is CC1(CCNC(=O)CC2CCCC2=O)OCCO1. The number of amides is 1. The third kappa shape index (κ3) is 3.53. The number of Topliss-reactive ketones (excluding diaryl/α,β-unsaturated/α-hetero) is 1. The number of rotatable bonds is 5. The van der Waals surface area contributed by atoms with Crippen LogP contribution >= 0.6 is 0 Å². The van der Waals surface area contributed by atoms with Gasteiger partial charge >= 0.3 is 0 Å². The van der Waals surface area contributed by atoms with E-state index >= 15 is 0 Å². The van der Waals surface area contributed by atoms with Crippen molar-refractivity contribution in [1.29, 1.82) is 0 Å². The van der Waals surface area contributed by atoms with Gasteiger partial charge < -0.3 is 14.8 Å². The average Bonchev–Trinajstić information content (AvgIpc) is 2.90. The van der Waals surface area contributed by atoms with Gasteiger partial charge in [-0.25, -0.2) is 0 Å². The molecule has 0 aromatic carbocycles. The predicted octanol–water partition coefficient (Wildman–Crippen LogP) is 1.01. The van der Waals surface area contributed by atoms with Gasteiger partial charge in [0.2, 0.25) is 5.91 Å². The van der Waals surface area contributed by atoms with Crippen molar-refractivity contribution < 1.29 is 19.1 Å². The second kappa shape index (κ2) is 5.80. The molecule has 0 aromatic heterocycles. The topological polar surface area (TPSA) is 64.6 Å². The largest absolute Gasteiger partial charge is 0.356 e. The molecule has 0 radical (unpaired) electrons. The molecule has 5 nitrogen and oxygen atoms in total. The number of hydrogen-bond acceptors (Lipinski definition) is 4. The van der Waals surface area contributed by atoms with E-state index < -0.39 is 5.79 Å². The Morgan fingerprint density at radius 3 is 2.78 bits per heavy atom. The number of hydrogen-bond donors (Lipinski definition) is 1. The lowest BCUT2D eigenvalue weighted by Gasteiger charge is -2.22. The summed E-state index contributed by atoms with van der Waals surface area (Å²) in [5.41, 5.74) is 0. The van der Waals surface area contributed by atoms with E-state index in [1.807, 2.05) is 6.92 Å². The van der Waals surface area contributed by atoms with E-state index in [4.69, 9.17) is 9.47 Å². The third-order valence-electron chi connectivity index (χ3n) is 3.66. The van der Waals surface area contributed by atoms with Crippen LogP contribution in [0.15, 0.2) is 0 Å². The molecule has 1 saturated heterocycles. The second-order valence-corrected chi connectivity index (χ2v) is 5.19. The van der Waals surface area contributed by atoms with Crippen LogP contribution in [0.4, 0.5) is 0 Å². The van der Waals surface area contributed by atoms with Crippen LogP contribution in [0.3, 0.4) is 0 Å². The highest BCUT2D eigenvalue weighted by atomic mass is 16.7. The molecule has 0 bridgehead atoms. The van der Waals surface area contributed by atoms with Crippen LogP contribution in [-0.4, -0.2) is 37.2 Å². The molecule has 1 unspecified atom stereocenters. The molecule has 1 atom stereocenters. The quantitative estimate of drug-likeness (QED) is 0.796. The maximum Gasteiger partial charge on any atom is 0.220 e. The summed E-state index contributed by atoms with van der Waals surface area (Å²) in [6.45, 7) is 3.63. The van der Waals surface area contributed by atoms with E-state index in [2.05, 4.69) is 5.32 Å². The van der Waals surface area contributed by atoms with Crippen molar-refractivity contribution >= 4 is 11.7 Å². The average molecular weight is 255 g/mol. The fourth-order valence-electron chi connectivity index (χ4n) is 2.53. The summed E-state index contributed by atoms with van der Waals surface area (Å²) in [4.78, 5) is 23.1. The number of ether oxygens (including phenoxy) is 2. The molecule has 1 aliphatic heterocycles. The van der Waals surface area contributed by atoms with E-state index in [-0.39, 0.29) is 17.6 Å². The lowest BCUT2D eigenvalue weighted by Crippen LogP contribution is -2.34. The Kier molecular flexibility index (Phi) is 4.35. The summed E-state index contributed by atoms with van der Waals surface area (Å²) in [6, 6.07) is 0. The van der Waals surface area contributed by atoms with Gasteiger partial charge in [0.1, 0.15) is 5.78 Å². The fraction of sp³-hybridized carbons (Fsp3) is 0.846. The van der Waals surface area contributed by atoms with Crippen molar-refractivity contribution in [2.75, 3.05) is 19.8 Å². The minimum Gasteiger partial charge on any atom is -0.356 e. The highest BCUT2D eigenvalue weighted by molar-refractivity contribution is 5.88. The zero-order valence-electron chi connectivity index (χ0n) is 10.9. The first kappa shape index (κ1) is 13.5. The minimum atomic E-state index is -0.559. The first-order chi connectivity index (χ1) is 8.59. The van der Waals surface area contributed by atoms with E-state index in [9.17, 15) is 9.59 Å². The monoisotopic (exact) mass is 255 g/mol. The van der Waals surface area contributed by atoms with Crippen LogP contribution < -0.4 is 5.32 Å². The summed E-state index contributed by atoms with van der Waals surface area (Å²) >= 11 is 0. The van der Waals surface area contributed by atoms with Gasteiger partial charge in [-0.15, -0.1) is 0 Å². The molecule has 102 valence electrons. The Balaban J connectivity index is 1.64. The molecular weight excluding hydrogens is 234 g/mol. The molecule has 18 heavy (non-hydrogen) atoms. The van der Waals surface area contributed by atoms with E-state index in [1.165, 1.54) is 0 Å². The standard InChI is InChI=1S/C13H21NO4/c1-13(17-7-8-18-13)5-6-14-12(16)9-10-3-2-4-11(10)15/h10H,2-9H2,1H3,(H,14,16). The van der Waals surface area contributed by atoms with Gasteiger partial charge in [-0.1, -0.05) is 0 Å². The molecule has 2 fully saturated rings. The predicted molar refractivity (Wildman–Crippen MR) is 64.9 cm³/mol. The van der Waals surface area contributed by atoms with Crippen molar-refractivity contribution in [2.24, 2.45) is 5.92 Å². The molecule has 1 saturated carbocycles. The van der Waals surface area contributed by atoms with E-state index in [0.717, 1.165) is 12.8 Å². The molecule has 1 N–H and O–H groups in total. The van der Waals surface area contributed by atoms with Crippen LogP contribution in [0.25, 0.3) is 0 Å². The Hall–Kier alpha value is -0.940. The molecule has 1 amide bonds. The van der Waals surface area contributed by atoms with Crippen molar-refractivity contribution in [3.8, 4) is 0 Å². The lowest BCUT2D eigenvalue weighted by molar-refractivity contribution is -0.146. The third-order valence-corrected chi connectivity index (χ3v) is 3.66. The second-order valence-electron chi connectivity index (χ2n) is 5.19. The van der Waals surface area contributed by atoms with Crippen LogP contribution in [0.2, 0.25) is 0 Å². The zero-order valence-corrected chi connectivity index (χ0v) is 10.9. The summed E-state index contributed by atoms with van der Waals surface area (Å²) in [7, 11) is 0. The minimum absolute atomic E-state index is 0.0446. The van der Waals surface area contributed by atoms with Crippen molar-refractivity contribution in [3.05, 3.63) is 0 Å². The first-order valence-corrected chi connectivity index (χ1v) is 6.66. The molecule has 2 aliphatic rings. The molecular formula is C13H21NO4. The first-order valence-electron chi connectivity index (χ1n) is 6.66. The maximum absolute atomic E-state index is 11.7. The summed E-state index contributed by atoms with van der Waals surface area (Å²) in [5.74, 6) is -0.424. The van der Waals surface area contributed by atoms with Gasteiger partial charge in [-0.05, 0) is 19.8 Å². The Morgan fingerprint density at radius 2 is 2.17 bits per heavy atom. The van der Waals surface area contributed by atoms with Crippen LogP contribution in [0.1, 0.15) is 39.0 Å². The van der Waals surface area contributed by atoms with Crippen molar-refractivity contribution in [3.63, 3.8) is 0 Å². The molecule has 0 aromatic rings. The number of ketones is 1. The Morgan fingerprint density at radius 1 is 1.44 bits per heavy atom. The molecule has 5 heteroatoms. The number of carbonyl (C=O) groups is 2. The summed E-state index contributed by atoms with van der Waals surface area (Å²) in [6.07, 6.45) is 3.39. The van der Waals surface area contributed by atoms with Gasteiger partial charge in [0, 0.05) is 31.7 Å². The van der Waals surface area contributed by atoms with Crippen LogP contribution in [0, 0.1) is 5.92 Å². The van der Waals surface area contributed by atoms with Gasteiger partial charge in [0.25, 0.3) is 0 Å². The fourth-order valence-corrected chi connectivity index (χ4v) is 2.53. The van der Waals surface area contributed by atoms with Gasteiger partial charge in [-0.3, -0.25) is 9.59 Å².